The molecule has 1 heterocycles. The zero-order valence-electron chi connectivity index (χ0n) is 14.0. The van der Waals surface area contributed by atoms with Gasteiger partial charge < -0.3 is 14.6 Å². The van der Waals surface area contributed by atoms with Crippen molar-refractivity contribution in [2.75, 3.05) is 11.9 Å². The van der Waals surface area contributed by atoms with Gasteiger partial charge in [-0.15, -0.1) is 0 Å². The summed E-state index contributed by atoms with van der Waals surface area (Å²) in [5, 5.41) is 2.92. The van der Waals surface area contributed by atoms with Crippen LogP contribution in [-0.4, -0.2) is 22.1 Å². The maximum atomic E-state index is 12.0. The maximum absolute atomic E-state index is 12.0. The summed E-state index contributed by atoms with van der Waals surface area (Å²) >= 11 is 0. The SMILES string of the molecule is Cc1nc2cc(NC(=O)CCCOc3ccccc3)ccc2n1C. The fourth-order valence-corrected chi connectivity index (χ4v) is 2.56. The van der Waals surface area contributed by atoms with Crippen LogP contribution in [0, 0.1) is 6.92 Å². The summed E-state index contributed by atoms with van der Waals surface area (Å²) in [6.07, 6.45) is 1.10. The van der Waals surface area contributed by atoms with Gasteiger partial charge in [-0.1, -0.05) is 18.2 Å². The van der Waals surface area contributed by atoms with Crippen molar-refractivity contribution in [1.29, 1.82) is 0 Å². The maximum Gasteiger partial charge on any atom is 0.224 e. The number of aryl methyl sites for hydroxylation is 2. The van der Waals surface area contributed by atoms with Gasteiger partial charge in [0.05, 0.1) is 17.6 Å². The summed E-state index contributed by atoms with van der Waals surface area (Å²) in [6.45, 7) is 2.49. The molecule has 3 rings (SSSR count). The quantitative estimate of drug-likeness (QED) is 0.704. The molecule has 0 saturated carbocycles. The summed E-state index contributed by atoms with van der Waals surface area (Å²) in [6, 6.07) is 15.4. The van der Waals surface area contributed by atoms with E-state index in [1.807, 2.05) is 67.1 Å². The average Bonchev–Trinajstić information content (AvgIpc) is 2.86. The van der Waals surface area contributed by atoms with Crippen LogP contribution in [0.15, 0.2) is 48.5 Å². The molecule has 0 atom stereocenters. The molecule has 24 heavy (non-hydrogen) atoms. The number of nitrogens with one attached hydrogen (secondary N) is 1. The summed E-state index contributed by atoms with van der Waals surface area (Å²) < 4.78 is 7.62. The second-order valence-corrected chi connectivity index (χ2v) is 5.73. The molecule has 0 saturated heterocycles. The van der Waals surface area contributed by atoms with Crippen LogP contribution in [0.4, 0.5) is 5.69 Å². The van der Waals surface area contributed by atoms with Crippen LogP contribution in [0.25, 0.3) is 11.0 Å². The summed E-state index contributed by atoms with van der Waals surface area (Å²) in [7, 11) is 1.98. The van der Waals surface area contributed by atoms with Crippen molar-refractivity contribution in [3.8, 4) is 5.75 Å². The van der Waals surface area contributed by atoms with E-state index in [1.165, 1.54) is 0 Å². The number of hydrogen-bond donors (Lipinski definition) is 1. The Kier molecular flexibility index (Phi) is 4.79. The highest BCUT2D eigenvalue weighted by molar-refractivity contribution is 5.93. The first-order valence-electron chi connectivity index (χ1n) is 8.04. The minimum absolute atomic E-state index is 0.0151. The molecule has 0 aliphatic rings. The molecular formula is C19H21N3O2. The third-order valence-electron chi connectivity index (χ3n) is 3.95. The van der Waals surface area contributed by atoms with Crippen molar-refractivity contribution in [3.63, 3.8) is 0 Å². The van der Waals surface area contributed by atoms with Crippen LogP contribution < -0.4 is 10.1 Å². The second-order valence-electron chi connectivity index (χ2n) is 5.73. The van der Waals surface area contributed by atoms with Crippen molar-refractivity contribution in [2.24, 2.45) is 7.05 Å². The van der Waals surface area contributed by atoms with Gasteiger partial charge in [-0.3, -0.25) is 4.79 Å². The number of aromatic nitrogens is 2. The highest BCUT2D eigenvalue weighted by atomic mass is 16.5. The highest BCUT2D eigenvalue weighted by Crippen LogP contribution is 2.19. The van der Waals surface area contributed by atoms with E-state index in [9.17, 15) is 4.79 Å². The first-order valence-corrected chi connectivity index (χ1v) is 8.04. The first-order chi connectivity index (χ1) is 11.6. The Hall–Kier alpha value is -2.82. The fourth-order valence-electron chi connectivity index (χ4n) is 2.56. The molecule has 1 aromatic heterocycles. The van der Waals surface area contributed by atoms with Crippen molar-refractivity contribution >= 4 is 22.6 Å². The third kappa shape index (κ3) is 3.74. The number of anilines is 1. The molecule has 5 heteroatoms. The normalized spacial score (nSPS) is 10.8. The lowest BCUT2D eigenvalue weighted by Crippen LogP contribution is -2.12. The van der Waals surface area contributed by atoms with Gasteiger partial charge >= 0.3 is 0 Å². The number of carbonyl (C=O) groups excluding carboxylic acids is 1. The molecule has 0 fully saturated rings. The first kappa shape index (κ1) is 16.1. The summed E-state index contributed by atoms with van der Waals surface area (Å²) in [5.74, 6) is 1.76. The predicted octanol–water partition coefficient (Wildman–Crippen LogP) is 3.68. The lowest BCUT2D eigenvalue weighted by molar-refractivity contribution is -0.116. The van der Waals surface area contributed by atoms with Crippen molar-refractivity contribution in [2.45, 2.75) is 19.8 Å². The molecular weight excluding hydrogens is 302 g/mol. The number of fused-ring (bicyclic) bond motifs is 1. The number of rotatable bonds is 6. The Balaban J connectivity index is 1.49. The van der Waals surface area contributed by atoms with Crippen LogP contribution in [0.3, 0.4) is 0 Å². The molecule has 3 aromatic rings. The van der Waals surface area contributed by atoms with Gasteiger partial charge in [0.1, 0.15) is 11.6 Å². The summed E-state index contributed by atoms with van der Waals surface area (Å²) in [4.78, 5) is 16.5. The lowest BCUT2D eigenvalue weighted by atomic mass is 10.2. The average molecular weight is 323 g/mol. The van der Waals surface area contributed by atoms with Gasteiger partial charge in [-0.25, -0.2) is 4.98 Å². The van der Waals surface area contributed by atoms with Crippen LogP contribution in [0.2, 0.25) is 0 Å². The molecule has 0 spiro atoms. The Morgan fingerprint density at radius 1 is 1.21 bits per heavy atom. The molecule has 124 valence electrons. The molecule has 0 aliphatic heterocycles. The van der Waals surface area contributed by atoms with Gasteiger partial charge in [0, 0.05) is 19.2 Å². The Morgan fingerprint density at radius 3 is 2.79 bits per heavy atom. The van der Waals surface area contributed by atoms with Gasteiger partial charge in [0.2, 0.25) is 5.91 Å². The molecule has 0 radical (unpaired) electrons. The number of benzene rings is 2. The smallest absolute Gasteiger partial charge is 0.224 e. The minimum atomic E-state index is -0.0151. The zero-order chi connectivity index (χ0) is 16.9. The number of carbonyl (C=O) groups is 1. The molecule has 1 amide bonds. The predicted molar refractivity (Wildman–Crippen MR) is 95.3 cm³/mol. The van der Waals surface area contributed by atoms with Crippen molar-refractivity contribution < 1.29 is 9.53 Å². The number of nitrogens with zero attached hydrogens (tertiary/aromatic N) is 2. The van der Waals surface area contributed by atoms with Gasteiger partial charge in [0.15, 0.2) is 0 Å². The molecule has 0 unspecified atom stereocenters. The van der Waals surface area contributed by atoms with Crippen molar-refractivity contribution in [3.05, 3.63) is 54.4 Å². The van der Waals surface area contributed by atoms with Crippen LogP contribution in [0.5, 0.6) is 5.75 Å². The van der Waals surface area contributed by atoms with E-state index in [-0.39, 0.29) is 5.91 Å². The van der Waals surface area contributed by atoms with E-state index < -0.39 is 0 Å². The monoisotopic (exact) mass is 323 g/mol. The van der Waals surface area contributed by atoms with Crippen LogP contribution in [0.1, 0.15) is 18.7 Å². The number of imidazole rings is 1. The summed E-state index contributed by atoms with van der Waals surface area (Å²) in [5.41, 5.74) is 2.72. The van der Waals surface area contributed by atoms with E-state index in [0.717, 1.165) is 28.3 Å². The van der Waals surface area contributed by atoms with Crippen molar-refractivity contribution in [1.82, 2.24) is 9.55 Å². The van der Waals surface area contributed by atoms with E-state index in [0.29, 0.717) is 19.4 Å². The fraction of sp³-hybridized carbons (Fsp3) is 0.263. The highest BCUT2D eigenvalue weighted by Gasteiger charge is 2.07. The minimum Gasteiger partial charge on any atom is -0.494 e. The Labute approximate surface area is 141 Å². The van der Waals surface area contributed by atoms with Crippen LogP contribution in [-0.2, 0) is 11.8 Å². The molecule has 5 nitrogen and oxygen atoms in total. The van der Waals surface area contributed by atoms with E-state index >= 15 is 0 Å². The zero-order valence-corrected chi connectivity index (χ0v) is 14.0. The largest absolute Gasteiger partial charge is 0.494 e. The topological polar surface area (TPSA) is 56.1 Å². The van der Waals surface area contributed by atoms with Gasteiger partial charge in [0.25, 0.3) is 0 Å². The molecule has 0 aliphatic carbocycles. The van der Waals surface area contributed by atoms with Gasteiger partial charge in [-0.05, 0) is 43.7 Å². The number of amides is 1. The molecule has 1 N–H and O–H groups in total. The number of ether oxygens (including phenoxy) is 1. The van der Waals surface area contributed by atoms with E-state index in [2.05, 4.69) is 10.3 Å². The standard InChI is InChI=1S/C19H21N3O2/c1-14-20-17-13-15(10-11-18(17)22(14)2)21-19(23)9-6-12-24-16-7-4-3-5-8-16/h3-5,7-8,10-11,13H,6,9,12H2,1-2H3,(H,21,23). The lowest BCUT2D eigenvalue weighted by Gasteiger charge is -2.07. The van der Waals surface area contributed by atoms with E-state index in [4.69, 9.17) is 4.74 Å². The van der Waals surface area contributed by atoms with Gasteiger partial charge in [-0.2, -0.15) is 0 Å². The third-order valence-corrected chi connectivity index (χ3v) is 3.95. The van der Waals surface area contributed by atoms with Crippen LogP contribution >= 0.6 is 0 Å². The Bertz CT molecular complexity index is 840. The Morgan fingerprint density at radius 2 is 2.00 bits per heavy atom. The number of para-hydroxylation sites is 1. The molecule has 2 aromatic carbocycles. The van der Waals surface area contributed by atoms with E-state index in [1.54, 1.807) is 0 Å². The number of hydrogen-bond acceptors (Lipinski definition) is 3. The second kappa shape index (κ2) is 7.17. The molecule has 0 bridgehead atoms.